The van der Waals surface area contributed by atoms with Crippen molar-refractivity contribution in [3.05, 3.63) is 28.5 Å². The molecule has 3 rings (SSSR count). The van der Waals surface area contributed by atoms with E-state index in [1.165, 1.54) is 12.8 Å². The van der Waals surface area contributed by atoms with Gasteiger partial charge in [0.1, 0.15) is 5.82 Å². The van der Waals surface area contributed by atoms with Crippen molar-refractivity contribution in [1.82, 2.24) is 5.32 Å². The molecule has 110 valence electrons. The first-order valence-corrected chi connectivity index (χ1v) is 8.30. The SMILES string of the molecule is CC(C)C1CNC(C2CC2)CN1c1cc(Br)ccc1F. The lowest BCUT2D eigenvalue weighted by atomic mass is 9.96. The van der Waals surface area contributed by atoms with Gasteiger partial charge in [-0.05, 0) is 42.9 Å². The molecular weight excluding hydrogens is 319 g/mol. The Balaban J connectivity index is 1.89. The molecule has 0 aromatic heterocycles. The highest BCUT2D eigenvalue weighted by Gasteiger charge is 2.38. The Morgan fingerprint density at radius 1 is 1.35 bits per heavy atom. The Hall–Kier alpha value is -0.610. The number of nitrogens with one attached hydrogen (secondary N) is 1. The highest BCUT2D eigenvalue weighted by Crippen LogP contribution is 2.37. The second-order valence-corrected chi connectivity index (χ2v) is 7.33. The van der Waals surface area contributed by atoms with E-state index < -0.39 is 0 Å². The van der Waals surface area contributed by atoms with Crippen molar-refractivity contribution >= 4 is 21.6 Å². The van der Waals surface area contributed by atoms with Crippen molar-refractivity contribution in [2.75, 3.05) is 18.0 Å². The number of anilines is 1. The van der Waals surface area contributed by atoms with Gasteiger partial charge in [0.25, 0.3) is 0 Å². The van der Waals surface area contributed by atoms with Crippen LogP contribution in [0.5, 0.6) is 0 Å². The van der Waals surface area contributed by atoms with Crippen LogP contribution < -0.4 is 10.2 Å². The summed E-state index contributed by atoms with van der Waals surface area (Å²) >= 11 is 3.47. The summed E-state index contributed by atoms with van der Waals surface area (Å²) in [6, 6.07) is 6.12. The molecule has 1 aliphatic heterocycles. The molecule has 2 unspecified atom stereocenters. The van der Waals surface area contributed by atoms with Gasteiger partial charge < -0.3 is 10.2 Å². The Morgan fingerprint density at radius 2 is 2.10 bits per heavy atom. The molecule has 1 saturated heterocycles. The molecule has 1 heterocycles. The molecule has 0 spiro atoms. The van der Waals surface area contributed by atoms with Gasteiger partial charge in [0.2, 0.25) is 0 Å². The first-order valence-electron chi connectivity index (χ1n) is 7.51. The largest absolute Gasteiger partial charge is 0.363 e. The Labute approximate surface area is 128 Å². The highest BCUT2D eigenvalue weighted by molar-refractivity contribution is 9.10. The first-order chi connectivity index (χ1) is 9.56. The molecule has 1 saturated carbocycles. The number of halogens is 2. The Bertz CT molecular complexity index is 487. The molecule has 4 heteroatoms. The van der Waals surface area contributed by atoms with E-state index in [9.17, 15) is 4.39 Å². The maximum Gasteiger partial charge on any atom is 0.146 e. The molecule has 1 aliphatic carbocycles. The minimum atomic E-state index is -0.115. The van der Waals surface area contributed by atoms with Gasteiger partial charge in [-0.1, -0.05) is 29.8 Å². The highest BCUT2D eigenvalue weighted by atomic mass is 79.9. The summed E-state index contributed by atoms with van der Waals surface area (Å²) in [6.07, 6.45) is 2.64. The van der Waals surface area contributed by atoms with E-state index in [1.54, 1.807) is 12.1 Å². The summed E-state index contributed by atoms with van der Waals surface area (Å²) in [5, 5.41) is 3.67. The molecule has 2 nitrogen and oxygen atoms in total. The van der Waals surface area contributed by atoms with Gasteiger partial charge >= 0.3 is 0 Å². The lowest BCUT2D eigenvalue weighted by Crippen LogP contribution is -2.59. The van der Waals surface area contributed by atoms with Gasteiger partial charge in [0.15, 0.2) is 0 Å². The fraction of sp³-hybridized carbons (Fsp3) is 0.625. The minimum absolute atomic E-state index is 0.115. The number of nitrogens with zero attached hydrogens (tertiary/aromatic N) is 1. The molecule has 0 bridgehead atoms. The van der Waals surface area contributed by atoms with Crippen LogP contribution in [0.15, 0.2) is 22.7 Å². The number of rotatable bonds is 3. The monoisotopic (exact) mass is 340 g/mol. The van der Waals surface area contributed by atoms with Crippen LogP contribution in [-0.2, 0) is 0 Å². The summed E-state index contributed by atoms with van der Waals surface area (Å²) < 4.78 is 15.2. The maximum atomic E-state index is 14.3. The third kappa shape index (κ3) is 2.86. The Kier molecular flexibility index (Phi) is 4.04. The first kappa shape index (κ1) is 14.3. The maximum absolute atomic E-state index is 14.3. The van der Waals surface area contributed by atoms with Gasteiger partial charge in [-0.2, -0.15) is 0 Å². The topological polar surface area (TPSA) is 15.3 Å². The van der Waals surface area contributed by atoms with E-state index in [2.05, 4.69) is 40.0 Å². The molecule has 0 amide bonds. The van der Waals surface area contributed by atoms with Crippen molar-refractivity contribution in [1.29, 1.82) is 0 Å². The molecule has 2 aliphatic rings. The summed E-state index contributed by atoms with van der Waals surface area (Å²) in [4.78, 5) is 2.28. The zero-order valence-corrected chi connectivity index (χ0v) is 13.7. The molecule has 2 atom stereocenters. The standard InChI is InChI=1S/C16H22BrFN2/c1-10(2)16-8-19-14(11-3-4-11)9-20(16)15-7-12(17)5-6-13(15)18/h5-7,10-11,14,16,19H,3-4,8-9H2,1-2H3. The second-order valence-electron chi connectivity index (χ2n) is 6.41. The van der Waals surface area contributed by atoms with E-state index in [0.717, 1.165) is 29.2 Å². The van der Waals surface area contributed by atoms with Crippen molar-refractivity contribution in [2.45, 2.75) is 38.8 Å². The van der Waals surface area contributed by atoms with Crippen molar-refractivity contribution < 1.29 is 4.39 Å². The molecule has 2 fully saturated rings. The van der Waals surface area contributed by atoms with Crippen molar-refractivity contribution in [2.24, 2.45) is 11.8 Å². The molecule has 20 heavy (non-hydrogen) atoms. The van der Waals surface area contributed by atoms with Gasteiger partial charge in [0, 0.05) is 29.6 Å². The van der Waals surface area contributed by atoms with Crippen LogP contribution in [0.25, 0.3) is 0 Å². The molecule has 1 N–H and O–H groups in total. The number of hydrogen-bond acceptors (Lipinski definition) is 2. The average molecular weight is 341 g/mol. The van der Waals surface area contributed by atoms with Crippen LogP contribution in [0.2, 0.25) is 0 Å². The third-order valence-electron chi connectivity index (χ3n) is 4.56. The predicted octanol–water partition coefficient (Wildman–Crippen LogP) is 3.80. The van der Waals surface area contributed by atoms with E-state index in [0.29, 0.717) is 18.0 Å². The summed E-state index contributed by atoms with van der Waals surface area (Å²) in [6.45, 7) is 6.30. The normalized spacial score (nSPS) is 27.1. The van der Waals surface area contributed by atoms with Crippen LogP contribution in [-0.4, -0.2) is 25.2 Å². The number of benzene rings is 1. The van der Waals surface area contributed by atoms with E-state index >= 15 is 0 Å². The van der Waals surface area contributed by atoms with Crippen molar-refractivity contribution in [3.63, 3.8) is 0 Å². The van der Waals surface area contributed by atoms with Crippen LogP contribution in [0, 0.1) is 17.7 Å². The molecular formula is C16H22BrFN2. The van der Waals surface area contributed by atoms with Gasteiger partial charge in [-0.3, -0.25) is 0 Å². The van der Waals surface area contributed by atoms with Gasteiger partial charge in [-0.25, -0.2) is 4.39 Å². The van der Waals surface area contributed by atoms with Crippen LogP contribution in [0.4, 0.5) is 10.1 Å². The fourth-order valence-electron chi connectivity index (χ4n) is 3.19. The van der Waals surface area contributed by atoms with Gasteiger partial charge in [0.05, 0.1) is 5.69 Å². The van der Waals surface area contributed by atoms with Crippen molar-refractivity contribution in [3.8, 4) is 0 Å². The average Bonchev–Trinajstić information content (AvgIpc) is 3.25. The molecule has 1 aromatic carbocycles. The van der Waals surface area contributed by atoms with E-state index in [4.69, 9.17) is 0 Å². The third-order valence-corrected chi connectivity index (χ3v) is 5.05. The predicted molar refractivity (Wildman–Crippen MR) is 84.6 cm³/mol. The van der Waals surface area contributed by atoms with E-state index in [-0.39, 0.29) is 5.82 Å². The zero-order valence-electron chi connectivity index (χ0n) is 12.1. The molecule has 1 aromatic rings. The van der Waals surface area contributed by atoms with Gasteiger partial charge in [-0.15, -0.1) is 0 Å². The fourth-order valence-corrected chi connectivity index (χ4v) is 3.54. The number of hydrogen-bond donors (Lipinski definition) is 1. The summed E-state index contributed by atoms with van der Waals surface area (Å²) in [7, 11) is 0. The Morgan fingerprint density at radius 3 is 2.75 bits per heavy atom. The quantitative estimate of drug-likeness (QED) is 0.900. The minimum Gasteiger partial charge on any atom is -0.363 e. The summed E-state index contributed by atoms with van der Waals surface area (Å²) in [5.41, 5.74) is 0.741. The lowest BCUT2D eigenvalue weighted by Gasteiger charge is -2.44. The van der Waals surface area contributed by atoms with Crippen LogP contribution in [0.1, 0.15) is 26.7 Å². The van der Waals surface area contributed by atoms with Crippen LogP contribution in [0.3, 0.4) is 0 Å². The number of piperazine rings is 1. The molecule has 0 radical (unpaired) electrons. The second kappa shape index (κ2) is 5.64. The van der Waals surface area contributed by atoms with Crippen LogP contribution >= 0.6 is 15.9 Å². The smallest absolute Gasteiger partial charge is 0.146 e. The zero-order chi connectivity index (χ0) is 14.3. The summed E-state index contributed by atoms with van der Waals surface area (Å²) in [5.74, 6) is 1.18. The van der Waals surface area contributed by atoms with E-state index in [1.807, 2.05) is 6.07 Å². The lowest BCUT2D eigenvalue weighted by molar-refractivity contribution is 0.318.